The van der Waals surface area contributed by atoms with E-state index in [2.05, 4.69) is 18.5 Å². The summed E-state index contributed by atoms with van der Waals surface area (Å²) >= 11 is 0. The van der Waals surface area contributed by atoms with Gasteiger partial charge in [0, 0.05) is 11.8 Å². The number of carbonyl (C=O) groups is 1. The highest BCUT2D eigenvalue weighted by Gasteiger charge is 2.23. The summed E-state index contributed by atoms with van der Waals surface area (Å²) < 4.78 is 1.78. The lowest BCUT2D eigenvalue weighted by atomic mass is 10.1. The number of nitrogens with zero attached hydrogens (tertiary/aromatic N) is 3. The Morgan fingerprint density at radius 2 is 1.82 bits per heavy atom. The van der Waals surface area contributed by atoms with Crippen LogP contribution >= 0.6 is 0 Å². The molecule has 1 fully saturated rings. The van der Waals surface area contributed by atoms with Gasteiger partial charge in [-0.25, -0.2) is 9.69 Å². The summed E-state index contributed by atoms with van der Waals surface area (Å²) in [6.07, 6.45) is 1.82. The number of aromatic nitrogens is 2. The van der Waals surface area contributed by atoms with Gasteiger partial charge in [0.05, 0.1) is 44.5 Å². The average molecular weight is 376 g/mol. The van der Waals surface area contributed by atoms with E-state index < -0.39 is 0 Å². The maximum atomic E-state index is 13.1. The van der Waals surface area contributed by atoms with Gasteiger partial charge >= 0.3 is 0 Å². The molecule has 6 nitrogen and oxygen atoms in total. The highest BCUT2D eigenvalue weighted by molar-refractivity contribution is 5.99. The zero-order valence-corrected chi connectivity index (χ0v) is 16.4. The molecular weight excluding hydrogens is 350 g/mol. The summed E-state index contributed by atoms with van der Waals surface area (Å²) in [5.41, 5.74) is 7.37. The molecule has 0 radical (unpaired) electrons. The van der Waals surface area contributed by atoms with E-state index in [0.29, 0.717) is 11.3 Å². The predicted octanol–water partition coefficient (Wildman–Crippen LogP) is 1.32. The SMILES string of the molecule is Cc1cccc(-c2nn(-c3ccccc3)cc2C(=O)NN2CC[NH+](C)CC2)c1. The lowest BCUT2D eigenvalue weighted by Crippen LogP contribution is -3.12. The molecule has 4 rings (SSSR count). The third-order valence-electron chi connectivity index (χ3n) is 5.15. The first-order valence-corrected chi connectivity index (χ1v) is 9.69. The van der Waals surface area contributed by atoms with Crippen molar-refractivity contribution in [3.63, 3.8) is 0 Å². The first-order chi connectivity index (χ1) is 13.6. The van der Waals surface area contributed by atoms with Crippen LogP contribution in [0.2, 0.25) is 0 Å². The van der Waals surface area contributed by atoms with Crippen LogP contribution < -0.4 is 10.3 Å². The second-order valence-corrected chi connectivity index (χ2v) is 7.43. The lowest BCUT2D eigenvalue weighted by Gasteiger charge is -2.30. The van der Waals surface area contributed by atoms with E-state index in [1.165, 1.54) is 4.90 Å². The number of para-hydroxylation sites is 1. The van der Waals surface area contributed by atoms with Crippen LogP contribution in [0.1, 0.15) is 15.9 Å². The Balaban J connectivity index is 1.68. The minimum atomic E-state index is -0.113. The first kappa shape index (κ1) is 18.4. The van der Waals surface area contributed by atoms with Crippen LogP contribution in [0.3, 0.4) is 0 Å². The smallest absolute Gasteiger partial charge is 0.269 e. The number of hydrogen-bond donors (Lipinski definition) is 2. The quantitative estimate of drug-likeness (QED) is 0.722. The Hall–Kier alpha value is -2.96. The number of hydrazine groups is 1. The van der Waals surface area contributed by atoms with Crippen LogP contribution in [0.15, 0.2) is 60.8 Å². The van der Waals surface area contributed by atoms with Crippen molar-refractivity contribution >= 4 is 5.91 Å². The number of benzene rings is 2. The van der Waals surface area contributed by atoms with E-state index in [-0.39, 0.29) is 5.91 Å². The minimum absolute atomic E-state index is 0.113. The van der Waals surface area contributed by atoms with E-state index >= 15 is 0 Å². The molecule has 0 saturated carbocycles. The Morgan fingerprint density at radius 1 is 1.07 bits per heavy atom. The van der Waals surface area contributed by atoms with E-state index in [0.717, 1.165) is 43.0 Å². The molecule has 0 atom stereocenters. The molecule has 2 N–H and O–H groups in total. The van der Waals surface area contributed by atoms with Gasteiger partial charge in [0.1, 0.15) is 5.69 Å². The number of carbonyl (C=O) groups excluding carboxylic acids is 1. The fourth-order valence-electron chi connectivity index (χ4n) is 3.46. The van der Waals surface area contributed by atoms with Crippen LogP contribution in [0.25, 0.3) is 16.9 Å². The van der Waals surface area contributed by atoms with Crippen molar-refractivity contribution in [2.45, 2.75) is 6.92 Å². The number of hydrogen-bond acceptors (Lipinski definition) is 3. The van der Waals surface area contributed by atoms with Gasteiger partial charge in [-0.05, 0) is 25.1 Å². The third kappa shape index (κ3) is 3.98. The summed E-state index contributed by atoms with van der Waals surface area (Å²) in [6.45, 7) is 5.79. The van der Waals surface area contributed by atoms with Gasteiger partial charge in [-0.1, -0.05) is 42.0 Å². The maximum Gasteiger partial charge on any atom is 0.269 e. The highest BCUT2D eigenvalue weighted by atomic mass is 16.2. The van der Waals surface area contributed by atoms with Crippen LogP contribution in [-0.2, 0) is 0 Å². The predicted molar refractivity (Wildman–Crippen MR) is 109 cm³/mol. The zero-order chi connectivity index (χ0) is 19.5. The maximum absolute atomic E-state index is 13.1. The van der Waals surface area contributed by atoms with Gasteiger partial charge in [0.25, 0.3) is 5.91 Å². The van der Waals surface area contributed by atoms with Gasteiger partial charge < -0.3 is 4.90 Å². The molecule has 0 spiro atoms. The van der Waals surface area contributed by atoms with Gasteiger partial charge in [-0.15, -0.1) is 0 Å². The minimum Gasteiger partial charge on any atom is -0.335 e. The van der Waals surface area contributed by atoms with E-state index in [4.69, 9.17) is 5.10 Å². The largest absolute Gasteiger partial charge is 0.335 e. The van der Waals surface area contributed by atoms with Gasteiger partial charge in [-0.2, -0.15) is 5.10 Å². The molecule has 1 aliphatic heterocycles. The lowest BCUT2D eigenvalue weighted by molar-refractivity contribution is -0.884. The zero-order valence-electron chi connectivity index (χ0n) is 16.4. The van der Waals surface area contributed by atoms with Crippen molar-refractivity contribution in [3.8, 4) is 16.9 Å². The highest BCUT2D eigenvalue weighted by Crippen LogP contribution is 2.24. The van der Waals surface area contributed by atoms with Gasteiger partial charge in [0.15, 0.2) is 0 Å². The van der Waals surface area contributed by atoms with Crippen LogP contribution in [0.5, 0.6) is 0 Å². The summed E-state index contributed by atoms with van der Waals surface area (Å²) in [6, 6.07) is 18.0. The number of rotatable bonds is 4. The van der Waals surface area contributed by atoms with Gasteiger partial charge in [0.2, 0.25) is 0 Å². The monoisotopic (exact) mass is 376 g/mol. The molecule has 1 aromatic heterocycles. The van der Waals surface area contributed by atoms with Gasteiger partial charge in [-0.3, -0.25) is 10.2 Å². The van der Waals surface area contributed by atoms with Crippen LogP contribution in [0, 0.1) is 6.92 Å². The molecule has 0 bridgehead atoms. The van der Waals surface area contributed by atoms with Crippen molar-refractivity contribution in [1.29, 1.82) is 0 Å². The Bertz CT molecular complexity index is 958. The Kier molecular flexibility index (Phi) is 5.23. The molecule has 6 heteroatoms. The second kappa shape index (κ2) is 7.96. The first-order valence-electron chi connectivity index (χ1n) is 9.69. The van der Waals surface area contributed by atoms with Crippen molar-refractivity contribution in [2.24, 2.45) is 0 Å². The third-order valence-corrected chi connectivity index (χ3v) is 5.15. The molecule has 2 heterocycles. The van der Waals surface area contributed by atoms with Crippen LogP contribution in [0.4, 0.5) is 0 Å². The molecule has 1 aliphatic rings. The van der Waals surface area contributed by atoms with Crippen molar-refractivity contribution < 1.29 is 9.69 Å². The Morgan fingerprint density at radius 3 is 2.54 bits per heavy atom. The standard InChI is InChI=1S/C22H25N5O/c1-17-7-6-8-18(15-17)21-20(16-27(23-21)19-9-4-3-5-10-19)22(28)24-26-13-11-25(2)12-14-26/h3-10,15-16H,11-14H2,1-2H3,(H,24,28)/p+1. The van der Waals surface area contributed by atoms with E-state index in [9.17, 15) is 4.79 Å². The molecule has 2 aromatic carbocycles. The fraction of sp³-hybridized carbons (Fsp3) is 0.273. The number of likely N-dealkylation sites (N-methyl/N-ethyl adjacent to an activating group) is 1. The average Bonchev–Trinajstić information content (AvgIpc) is 3.16. The molecule has 1 amide bonds. The molecule has 3 aromatic rings. The number of nitrogens with one attached hydrogen (secondary N) is 2. The number of quaternary nitrogens is 1. The van der Waals surface area contributed by atoms with Crippen LogP contribution in [-0.4, -0.2) is 53.9 Å². The summed E-state index contributed by atoms with van der Waals surface area (Å²) in [5, 5.41) is 6.76. The van der Waals surface area contributed by atoms with E-state index in [1.807, 2.05) is 66.7 Å². The molecule has 0 unspecified atom stereocenters. The van der Waals surface area contributed by atoms with Crippen molar-refractivity contribution in [3.05, 3.63) is 71.9 Å². The number of piperazine rings is 1. The molecule has 1 saturated heterocycles. The summed E-state index contributed by atoms with van der Waals surface area (Å²) in [4.78, 5) is 14.6. The van der Waals surface area contributed by atoms with Crippen molar-refractivity contribution in [2.75, 3.05) is 33.2 Å². The molecular formula is C22H26N5O+. The number of aryl methyl sites for hydroxylation is 1. The Labute approximate surface area is 165 Å². The number of amides is 1. The summed E-state index contributed by atoms with van der Waals surface area (Å²) in [7, 11) is 2.18. The molecule has 144 valence electrons. The van der Waals surface area contributed by atoms with E-state index in [1.54, 1.807) is 4.68 Å². The second-order valence-electron chi connectivity index (χ2n) is 7.43. The molecule has 0 aliphatic carbocycles. The topological polar surface area (TPSA) is 54.6 Å². The normalized spacial score (nSPS) is 15.5. The van der Waals surface area contributed by atoms with Crippen molar-refractivity contribution in [1.82, 2.24) is 20.2 Å². The molecule has 28 heavy (non-hydrogen) atoms. The summed E-state index contributed by atoms with van der Waals surface area (Å²) in [5.74, 6) is -0.113. The fourth-order valence-corrected chi connectivity index (χ4v) is 3.46.